The van der Waals surface area contributed by atoms with Crippen molar-refractivity contribution in [2.24, 2.45) is 0 Å². The number of nitrogens with one attached hydrogen (secondary N) is 1. The standard InChI is InChI=1S/C23H21ClN2O5/c1-26(2)10-11-30-22(28)9-7-15-6-8-20-18(12-15)19(27)14-21(31-20)23(29)25-17-5-3-4-16(24)13-17/h3-9,12-14H,10-11H2,1-2H3,(H,25,29)/b9-7+. The number of rotatable bonds is 7. The first-order valence-corrected chi connectivity index (χ1v) is 9.84. The van der Waals surface area contributed by atoms with Gasteiger partial charge in [0, 0.05) is 29.4 Å². The van der Waals surface area contributed by atoms with Crippen LogP contribution < -0.4 is 10.7 Å². The number of ether oxygens (including phenoxy) is 1. The van der Waals surface area contributed by atoms with Gasteiger partial charge in [0.1, 0.15) is 12.2 Å². The zero-order valence-electron chi connectivity index (χ0n) is 17.1. The number of anilines is 1. The number of fused-ring (bicyclic) bond motifs is 1. The number of amides is 1. The molecule has 1 amide bonds. The van der Waals surface area contributed by atoms with Crippen LogP contribution in [0.3, 0.4) is 0 Å². The van der Waals surface area contributed by atoms with Crippen LogP contribution in [0.15, 0.2) is 63.8 Å². The third kappa shape index (κ3) is 6.28. The molecule has 0 aliphatic rings. The van der Waals surface area contributed by atoms with Crippen molar-refractivity contribution in [1.82, 2.24) is 4.90 Å². The number of benzene rings is 2. The van der Waals surface area contributed by atoms with E-state index in [-0.39, 0.29) is 23.4 Å². The molecule has 0 saturated carbocycles. The van der Waals surface area contributed by atoms with Crippen molar-refractivity contribution in [2.45, 2.75) is 0 Å². The Bertz CT molecular complexity index is 1200. The molecule has 0 spiro atoms. The zero-order valence-corrected chi connectivity index (χ0v) is 17.8. The second-order valence-electron chi connectivity index (χ2n) is 7.00. The fourth-order valence-corrected chi connectivity index (χ4v) is 2.88. The largest absolute Gasteiger partial charge is 0.461 e. The predicted molar refractivity (Wildman–Crippen MR) is 120 cm³/mol. The molecule has 0 aliphatic carbocycles. The molecule has 1 aromatic heterocycles. The van der Waals surface area contributed by atoms with Gasteiger partial charge in [-0.05, 0) is 56.1 Å². The molecular formula is C23H21ClN2O5. The Morgan fingerprint density at radius 1 is 1.16 bits per heavy atom. The van der Waals surface area contributed by atoms with Crippen molar-refractivity contribution in [3.8, 4) is 0 Å². The van der Waals surface area contributed by atoms with E-state index in [9.17, 15) is 14.4 Å². The molecule has 0 saturated heterocycles. The predicted octanol–water partition coefficient (Wildman–Crippen LogP) is 3.82. The van der Waals surface area contributed by atoms with Gasteiger partial charge in [-0.15, -0.1) is 0 Å². The average Bonchev–Trinajstić information content (AvgIpc) is 2.72. The molecule has 8 heteroatoms. The summed E-state index contributed by atoms with van der Waals surface area (Å²) >= 11 is 5.91. The Balaban J connectivity index is 1.75. The summed E-state index contributed by atoms with van der Waals surface area (Å²) in [5, 5.41) is 3.40. The summed E-state index contributed by atoms with van der Waals surface area (Å²) in [5.41, 5.74) is 0.995. The minimum Gasteiger partial charge on any atom is -0.461 e. The summed E-state index contributed by atoms with van der Waals surface area (Å²) in [6.45, 7) is 0.918. The highest BCUT2D eigenvalue weighted by molar-refractivity contribution is 6.30. The van der Waals surface area contributed by atoms with E-state index in [1.165, 1.54) is 6.08 Å². The van der Waals surface area contributed by atoms with Crippen LogP contribution in [0.25, 0.3) is 17.0 Å². The van der Waals surface area contributed by atoms with E-state index in [2.05, 4.69) is 5.32 Å². The van der Waals surface area contributed by atoms with Gasteiger partial charge in [0.05, 0.1) is 5.39 Å². The maximum atomic E-state index is 12.5. The van der Waals surface area contributed by atoms with Gasteiger partial charge in [-0.2, -0.15) is 0 Å². The average molecular weight is 441 g/mol. The lowest BCUT2D eigenvalue weighted by Gasteiger charge is -2.08. The normalized spacial score (nSPS) is 11.2. The van der Waals surface area contributed by atoms with Crippen LogP contribution in [-0.2, 0) is 9.53 Å². The Morgan fingerprint density at radius 3 is 2.71 bits per heavy atom. The van der Waals surface area contributed by atoms with Crippen molar-refractivity contribution in [3.05, 3.63) is 81.2 Å². The monoisotopic (exact) mass is 440 g/mol. The molecule has 2 aromatic carbocycles. The summed E-state index contributed by atoms with van der Waals surface area (Å²) < 4.78 is 10.7. The Labute approximate surface area is 183 Å². The third-order valence-electron chi connectivity index (χ3n) is 4.25. The van der Waals surface area contributed by atoms with Crippen LogP contribution in [0.2, 0.25) is 5.02 Å². The molecular weight excluding hydrogens is 420 g/mol. The minimum atomic E-state index is -0.564. The number of carbonyl (C=O) groups excluding carboxylic acids is 2. The van der Waals surface area contributed by atoms with Gasteiger partial charge in [-0.25, -0.2) is 4.79 Å². The van der Waals surface area contributed by atoms with Gasteiger partial charge >= 0.3 is 5.97 Å². The summed E-state index contributed by atoms with van der Waals surface area (Å²) in [6.07, 6.45) is 2.85. The molecule has 160 valence electrons. The second kappa shape index (κ2) is 10.1. The Hall–Kier alpha value is -3.42. The number of nitrogens with zero attached hydrogens (tertiary/aromatic N) is 1. The maximum absolute atomic E-state index is 12.5. The first-order valence-electron chi connectivity index (χ1n) is 9.46. The summed E-state index contributed by atoms with van der Waals surface area (Å²) in [6, 6.07) is 12.6. The minimum absolute atomic E-state index is 0.120. The molecule has 0 atom stereocenters. The van der Waals surface area contributed by atoms with E-state index in [1.54, 1.807) is 48.5 Å². The summed E-state index contributed by atoms with van der Waals surface area (Å²) in [7, 11) is 3.77. The first kappa shape index (κ1) is 22.3. The number of halogens is 1. The molecule has 1 N–H and O–H groups in total. The number of esters is 1. The highest BCUT2D eigenvalue weighted by atomic mass is 35.5. The molecule has 0 fully saturated rings. The van der Waals surface area contributed by atoms with Gasteiger partial charge in [-0.1, -0.05) is 23.7 Å². The second-order valence-corrected chi connectivity index (χ2v) is 7.44. The van der Waals surface area contributed by atoms with Crippen LogP contribution in [0, 0.1) is 0 Å². The molecule has 0 unspecified atom stereocenters. The number of likely N-dealkylation sites (N-methyl/N-ethyl adjacent to an activating group) is 1. The lowest BCUT2D eigenvalue weighted by atomic mass is 10.1. The molecule has 0 aliphatic heterocycles. The third-order valence-corrected chi connectivity index (χ3v) is 4.49. The van der Waals surface area contributed by atoms with Gasteiger partial charge in [-0.3, -0.25) is 9.59 Å². The van der Waals surface area contributed by atoms with E-state index in [1.807, 2.05) is 19.0 Å². The number of hydrogen-bond acceptors (Lipinski definition) is 6. The summed E-state index contributed by atoms with van der Waals surface area (Å²) in [4.78, 5) is 38.6. The fraction of sp³-hybridized carbons (Fsp3) is 0.174. The van der Waals surface area contributed by atoms with E-state index < -0.39 is 11.9 Å². The maximum Gasteiger partial charge on any atom is 0.330 e. The van der Waals surface area contributed by atoms with Crippen molar-refractivity contribution in [1.29, 1.82) is 0 Å². The molecule has 3 aromatic rings. The molecule has 7 nitrogen and oxygen atoms in total. The smallest absolute Gasteiger partial charge is 0.330 e. The number of hydrogen-bond donors (Lipinski definition) is 1. The molecule has 1 heterocycles. The van der Waals surface area contributed by atoms with Crippen LogP contribution >= 0.6 is 11.6 Å². The van der Waals surface area contributed by atoms with Crippen molar-refractivity contribution >= 4 is 46.2 Å². The highest BCUT2D eigenvalue weighted by Gasteiger charge is 2.13. The Kier molecular flexibility index (Phi) is 7.23. The molecule has 31 heavy (non-hydrogen) atoms. The lowest BCUT2D eigenvalue weighted by molar-refractivity contribution is -0.137. The highest BCUT2D eigenvalue weighted by Crippen LogP contribution is 2.18. The van der Waals surface area contributed by atoms with E-state index in [0.29, 0.717) is 28.2 Å². The first-order chi connectivity index (χ1) is 14.8. The zero-order chi connectivity index (χ0) is 22.4. The molecule has 3 rings (SSSR count). The van der Waals surface area contributed by atoms with E-state index >= 15 is 0 Å². The van der Waals surface area contributed by atoms with Crippen LogP contribution in [0.4, 0.5) is 5.69 Å². The SMILES string of the molecule is CN(C)CCOC(=O)/C=C/c1ccc2oc(C(=O)Nc3cccc(Cl)c3)cc(=O)c2c1. The van der Waals surface area contributed by atoms with Crippen molar-refractivity contribution < 1.29 is 18.7 Å². The van der Waals surface area contributed by atoms with Crippen molar-refractivity contribution in [3.63, 3.8) is 0 Å². The topological polar surface area (TPSA) is 88.8 Å². The van der Waals surface area contributed by atoms with Gasteiger partial charge in [0.15, 0.2) is 11.2 Å². The van der Waals surface area contributed by atoms with Crippen molar-refractivity contribution in [2.75, 3.05) is 32.6 Å². The van der Waals surface area contributed by atoms with E-state index in [0.717, 1.165) is 6.07 Å². The van der Waals surface area contributed by atoms with Crippen LogP contribution in [0.5, 0.6) is 0 Å². The van der Waals surface area contributed by atoms with Gasteiger partial charge in [0.25, 0.3) is 5.91 Å². The fourth-order valence-electron chi connectivity index (χ4n) is 2.69. The van der Waals surface area contributed by atoms with E-state index in [4.69, 9.17) is 20.8 Å². The van der Waals surface area contributed by atoms with Crippen LogP contribution in [0.1, 0.15) is 16.1 Å². The van der Waals surface area contributed by atoms with Gasteiger partial charge in [0.2, 0.25) is 0 Å². The quantitative estimate of drug-likeness (QED) is 0.444. The number of carbonyl (C=O) groups is 2. The lowest BCUT2D eigenvalue weighted by Crippen LogP contribution is -2.19. The molecule has 0 radical (unpaired) electrons. The Morgan fingerprint density at radius 2 is 1.97 bits per heavy atom. The van der Waals surface area contributed by atoms with Gasteiger partial charge < -0.3 is 19.4 Å². The molecule has 0 bridgehead atoms. The van der Waals surface area contributed by atoms with Crippen LogP contribution in [-0.4, -0.2) is 44.0 Å². The summed E-state index contributed by atoms with van der Waals surface area (Å²) in [5.74, 6) is -1.15.